The number of rotatable bonds is 5. The number of imidazole rings is 1. The average molecular weight is 473 g/mol. The fourth-order valence-electron chi connectivity index (χ4n) is 3.39. The number of carbonyl (C=O) groups excluding carboxylic acids is 1. The molecule has 5 N–H and O–H groups in total. The van der Waals surface area contributed by atoms with Crippen LogP contribution >= 0.6 is 11.6 Å². The summed E-state index contributed by atoms with van der Waals surface area (Å²) < 4.78 is 21.2. The van der Waals surface area contributed by atoms with E-state index in [1.807, 2.05) is 16.8 Å². The van der Waals surface area contributed by atoms with Gasteiger partial charge in [-0.2, -0.15) is 4.99 Å². The van der Waals surface area contributed by atoms with Crippen molar-refractivity contribution in [3.8, 4) is 11.5 Å². The largest absolute Gasteiger partial charge is 0.454 e. The quantitative estimate of drug-likeness (QED) is 0.383. The van der Waals surface area contributed by atoms with E-state index in [2.05, 4.69) is 15.3 Å². The number of aliphatic imine (C=N–C) groups is 1. The first kappa shape index (κ1) is 21.8. The molecule has 1 aromatic heterocycles. The number of anilines is 1. The Kier molecular flexibility index (Phi) is 6.15. The molecule has 9 nitrogen and oxygen atoms in total. The zero-order valence-electron chi connectivity index (χ0n) is 17.2. The minimum atomic E-state index is -1.48. The van der Waals surface area contributed by atoms with Crippen molar-refractivity contribution in [2.75, 3.05) is 11.9 Å². The zero-order valence-corrected chi connectivity index (χ0v) is 18.7. The van der Waals surface area contributed by atoms with Gasteiger partial charge in [-0.05, 0) is 36.8 Å². The summed E-state index contributed by atoms with van der Waals surface area (Å²) in [4.78, 5) is 20.2. The topological polar surface area (TPSA) is 138 Å². The molecule has 11 heteroatoms. The smallest absolute Gasteiger partial charge is 0.280 e. The number of amides is 1. The maximum atomic E-state index is 13.2. The van der Waals surface area contributed by atoms with Gasteiger partial charge in [-0.3, -0.25) is 9.00 Å². The highest BCUT2D eigenvalue weighted by Gasteiger charge is 2.26. The SMILES string of the molecule is Cc1cc(C(=O)N=C(N)N)cc2c1Oc1c(Cl)cc(NCCn3ccnc3)cc1CS2=O. The minimum absolute atomic E-state index is 0.179. The van der Waals surface area contributed by atoms with Gasteiger partial charge in [-0.25, -0.2) is 4.98 Å². The Hall–Kier alpha value is -3.37. The van der Waals surface area contributed by atoms with E-state index < -0.39 is 16.7 Å². The van der Waals surface area contributed by atoms with Gasteiger partial charge < -0.3 is 26.1 Å². The molecular weight excluding hydrogens is 452 g/mol. The summed E-state index contributed by atoms with van der Waals surface area (Å²) in [6, 6.07) is 6.74. The Bertz CT molecular complexity index is 1240. The molecular formula is C21H21ClN6O3S. The van der Waals surface area contributed by atoms with Crippen molar-refractivity contribution in [3.05, 3.63) is 64.7 Å². The van der Waals surface area contributed by atoms with Crippen LogP contribution in [0.3, 0.4) is 0 Å². The van der Waals surface area contributed by atoms with Gasteiger partial charge in [0.1, 0.15) is 11.5 Å². The lowest BCUT2D eigenvalue weighted by molar-refractivity contribution is 0.100. The summed E-state index contributed by atoms with van der Waals surface area (Å²) in [5.41, 5.74) is 13.0. The van der Waals surface area contributed by atoms with Gasteiger partial charge in [0.15, 0.2) is 5.96 Å². The number of hydrogen-bond acceptors (Lipinski definition) is 5. The number of hydrogen-bond donors (Lipinski definition) is 3. The van der Waals surface area contributed by atoms with Crippen LogP contribution < -0.4 is 21.5 Å². The highest BCUT2D eigenvalue weighted by Crippen LogP contribution is 2.43. The highest BCUT2D eigenvalue weighted by atomic mass is 35.5. The van der Waals surface area contributed by atoms with Gasteiger partial charge in [0.25, 0.3) is 5.91 Å². The standard InChI is InChI=1S/C21H21ClN6O3S/c1-12-6-13(20(29)27-21(23)24)8-17-18(12)31-19-14(10-32(17)30)7-15(9-16(19)22)26-3-5-28-4-2-25-11-28/h2,4,6-9,11,26H,3,5,10H2,1H3,(H4,23,24,27,29). The zero-order chi connectivity index (χ0) is 22.8. The van der Waals surface area contributed by atoms with Crippen molar-refractivity contribution in [1.82, 2.24) is 9.55 Å². The molecule has 0 spiro atoms. The van der Waals surface area contributed by atoms with E-state index in [1.165, 1.54) is 6.07 Å². The monoisotopic (exact) mass is 472 g/mol. The predicted octanol–water partition coefficient (Wildman–Crippen LogP) is 2.78. The summed E-state index contributed by atoms with van der Waals surface area (Å²) in [5, 5.41) is 3.71. The van der Waals surface area contributed by atoms with Gasteiger partial charge in [0.05, 0.1) is 32.8 Å². The number of nitrogens with two attached hydrogens (primary N) is 2. The van der Waals surface area contributed by atoms with Crippen LogP contribution in [0.25, 0.3) is 0 Å². The summed E-state index contributed by atoms with van der Waals surface area (Å²) in [6.07, 6.45) is 5.35. The van der Waals surface area contributed by atoms with Crippen LogP contribution in [0.5, 0.6) is 11.5 Å². The summed E-state index contributed by atoms with van der Waals surface area (Å²) >= 11 is 6.53. The number of carbonyl (C=O) groups is 1. The Morgan fingerprint density at radius 3 is 2.84 bits per heavy atom. The Morgan fingerprint density at radius 2 is 2.12 bits per heavy atom. The Balaban J connectivity index is 1.62. The molecule has 32 heavy (non-hydrogen) atoms. The third-order valence-corrected chi connectivity index (χ3v) is 6.48. The van der Waals surface area contributed by atoms with Crippen LogP contribution in [-0.4, -0.2) is 32.2 Å². The third-order valence-electron chi connectivity index (χ3n) is 4.83. The van der Waals surface area contributed by atoms with Crippen LogP contribution in [-0.2, 0) is 23.1 Å². The number of ether oxygens (including phenoxy) is 1. The number of benzene rings is 2. The molecule has 1 atom stereocenters. The van der Waals surface area contributed by atoms with E-state index in [0.29, 0.717) is 39.1 Å². The molecule has 0 saturated carbocycles. The van der Waals surface area contributed by atoms with E-state index in [9.17, 15) is 9.00 Å². The molecule has 2 heterocycles. The van der Waals surface area contributed by atoms with Crippen LogP contribution in [0, 0.1) is 6.92 Å². The number of nitrogens with one attached hydrogen (secondary N) is 1. The van der Waals surface area contributed by atoms with Gasteiger partial charge in [-0.1, -0.05) is 11.6 Å². The number of guanidine groups is 1. The first-order valence-electron chi connectivity index (χ1n) is 9.68. The fourth-order valence-corrected chi connectivity index (χ4v) is 4.99. The number of nitrogens with zero attached hydrogens (tertiary/aromatic N) is 3. The highest BCUT2D eigenvalue weighted by molar-refractivity contribution is 7.84. The van der Waals surface area contributed by atoms with E-state index in [-0.39, 0.29) is 17.3 Å². The molecule has 3 aromatic rings. The number of aryl methyl sites for hydroxylation is 1. The molecule has 0 radical (unpaired) electrons. The maximum Gasteiger partial charge on any atom is 0.280 e. The third kappa shape index (κ3) is 4.61. The van der Waals surface area contributed by atoms with Crippen molar-refractivity contribution >= 4 is 40.0 Å². The molecule has 4 rings (SSSR count). The van der Waals surface area contributed by atoms with E-state index >= 15 is 0 Å². The second-order valence-corrected chi connectivity index (χ2v) is 9.05. The molecule has 1 aliphatic heterocycles. The molecule has 0 bridgehead atoms. The molecule has 0 aliphatic carbocycles. The lowest BCUT2D eigenvalue weighted by Gasteiger charge is -2.15. The molecule has 0 saturated heterocycles. The lowest BCUT2D eigenvalue weighted by Crippen LogP contribution is -2.24. The molecule has 2 aromatic carbocycles. The number of halogens is 1. The number of aromatic nitrogens is 2. The molecule has 1 unspecified atom stereocenters. The summed E-state index contributed by atoms with van der Waals surface area (Å²) in [5.74, 6) is 0.0824. The van der Waals surface area contributed by atoms with Crippen molar-refractivity contribution in [2.45, 2.75) is 24.1 Å². The van der Waals surface area contributed by atoms with Gasteiger partial charge in [-0.15, -0.1) is 0 Å². The average Bonchev–Trinajstić information content (AvgIpc) is 3.19. The molecule has 1 aliphatic rings. The lowest BCUT2D eigenvalue weighted by atomic mass is 10.1. The maximum absolute atomic E-state index is 13.2. The predicted molar refractivity (Wildman–Crippen MR) is 124 cm³/mol. The molecule has 1 amide bonds. The second kappa shape index (κ2) is 9.01. The fraction of sp³-hybridized carbons (Fsp3) is 0.190. The molecule has 166 valence electrons. The Labute approximate surface area is 191 Å². The van der Waals surface area contributed by atoms with E-state index in [1.54, 1.807) is 31.6 Å². The van der Waals surface area contributed by atoms with Crippen molar-refractivity contribution in [3.63, 3.8) is 0 Å². The Morgan fingerprint density at radius 1 is 1.31 bits per heavy atom. The van der Waals surface area contributed by atoms with Crippen LogP contribution in [0.1, 0.15) is 21.5 Å². The van der Waals surface area contributed by atoms with Crippen LogP contribution in [0.4, 0.5) is 5.69 Å². The van der Waals surface area contributed by atoms with Gasteiger partial charge >= 0.3 is 0 Å². The van der Waals surface area contributed by atoms with E-state index in [0.717, 1.165) is 12.2 Å². The first-order chi connectivity index (χ1) is 15.3. The van der Waals surface area contributed by atoms with Crippen LogP contribution in [0.2, 0.25) is 5.02 Å². The number of fused-ring (bicyclic) bond motifs is 2. The van der Waals surface area contributed by atoms with Gasteiger partial charge in [0, 0.05) is 42.3 Å². The van der Waals surface area contributed by atoms with E-state index in [4.69, 9.17) is 27.8 Å². The minimum Gasteiger partial charge on any atom is -0.454 e. The summed E-state index contributed by atoms with van der Waals surface area (Å²) in [6.45, 7) is 3.15. The van der Waals surface area contributed by atoms with Crippen molar-refractivity contribution in [2.24, 2.45) is 16.5 Å². The summed E-state index contributed by atoms with van der Waals surface area (Å²) in [7, 11) is -1.48. The van der Waals surface area contributed by atoms with Gasteiger partial charge in [0.2, 0.25) is 0 Å². The normalized spacial score (nSPS) is 14.5. The van der Waals surface area contributed by atoms with Crippen molar-refractivity contribution in [1.29, 1.82) is 0 Å². The van der Waals surface area contributed by atoms with Crippen LogP contribution in [0.15, 0.2) is 52.9 Å². The second-order valence-electron chi connectivity index (χ2n) is 7.23. The first-order valence-corrected chi connectivity index (χ1v) is 11.4. The van der Waals surface area contributed by atoms with Crippen molar-refractivity contribution < 1.29 is 13.7 Å². The molecule has 0 fully saturated rings.